The number of aromatic nitrogens is 1. The maximum atomic E-state index is 13.1. The fourth-order valence-corrected chi connectivity index (χ4v) is 5.13. The van der Waals surface area contributed by atoms with Gasteiger partial charge in [0.25, 0.3) is 0 Å². The molecule has 2 amide bonds. The Kier molecular flexibility index (Phi) is 3.37. The Morgan fingerprint density at radius 3 is 2.90 bits per heavy atom. The molecular weight excluding hydrogens is 366 g/mol. The summed E-state index contributed by atoms with van der Waals surface area (Å²) >= 11 is 0. The lowest BCUT2D eigenvalue weighted by atomic mass is 9.86. The molecule has 4 heterocycles. The molecule has 146 valence electrons. The molecule has 6 nitrogen and oxygen atoms in total. The summed E-state index contributed by atoms with van der Waals surface area (Å²) in [6.07, 6.45) is 1.41. The second-order valence-corrected chi connectivity index (χ2v) is 8.15. The lowest BCUT2D eigenvalue weighted by molar-refractivity contribution is -0.157. The molecule has 0 bridgehead atoms. The monoisotopic (exact) mass is 387 g/mol. The number of hydrogen-bond donors (Lipinski definition) is 1. The first kappa shape index (κ1) is 16.7. The highest BCUT2D eigenvalue weighted by molar-refractivity contribution is 5.97. The third-order valence-corrected chi connectivity index (χ3v) is 6.48. The van der Waals surface area contributed by atoms with Crippen LogP contribution in [0.2, 0.25) is 0 Å². The number of likely N-dealkylation sites (N-methyl/N-ethyl adjacent to an activating group) is 1. The van der Waals surface area contributed by atoms with Crippen molar-refractivity contribution >= 4 is 22.7 Å². The van der Waals surface area contributed by atoms with Gasteiger partial charge >= 0.3 is 0 Å². The van der Waals surface area contributed by atoms with Gasteiger partial charge in [-0.25, -0.2) is 0 Å². The van der Waals surface area contributed by atoms with Crippen molar-refractivity contribution in [3.8, 4) is 5.75 Å². The van der Waals surface area contributed by atoms with Crippen LogP contribution >= 0.6 is 0 Å². The van der Waals surface area contributed by atoms with Gasteiger partial charge in [0.2, 0.25) is 11.8 Å². The van der Waals surface area contributed by atoms with E-state index in [0.29, 0.717) is 13.0 Å². The molecule has 29 heavy (non-hydrogen) atoms. The lowest BCUT2D eigenvalue weighted by Crippen LogP contribution is -2.62. The average Bonchev–Trinajstić information content (AvgIpc) is 3.34. The summed E-state index contributed by atoms with van der Waals surface area (Å²) in [6.45, 7) is 0.811. The largest absolute Gasteiger partial charge is 0.493 e. The van der Waals surface area contributed by atoms with Crippen LogP contribution in [0.15, 0.2) is 42.5 Å². The van der Waals surface area contributed by atoms with Crippen LogP contribution in [-0.2, 0) is 22.4 Å². The van der Waals surface area contributed by atoms with Crippen molar-refractivity contribution in [3.63, 3.8) is 0 Å². The number of aromatic amines is 1. The second-order valence-electron chi connectivity index (χ2n) is 8.15. The van der Waals surface area contributed by atoms with E-state index in [-0.39, 0.29) is 24.4 Å². The summed E-state index contributed by atoms with van der Waals surface area (Å²) in [6, 6.07) is 13.6. The Morgan fingerprint density at radius 2 is 2.00 bits per heavy atom. The van der Waals surface area contributed by atoms with Gasteiger partial charge in [0.15, 0.2) is 0 Å². The molecule has 2 aromatic carbocycles. The van der Waals surface area contributed by atoms with E-state index in [1.54, 1.807) is 16.8 Å². The Labute approximate surface area is 168 Å². The molecule has 1 N–H and O–H groups in total. The molecule has 0 saturated carbocycles. The number of hydrogen-bond acceptors (Lipinski definition) is 3. The van der Waals surface area contributed by atoms with Gasteiger partial charge in [-0.1, -0.05) is 24.3 Å². The highest BCUT2D eigenvalue weighted by Gasteiger charge is 2.47. The third kappa shape index (κ3) is 2.29. The standard InChI is InChI=1S/C23H21N3O3/c1-25-12-20(27)26-18(23(25)28)11-16-15-4-2-3-5-17(15)24-21(16)22(26)14-6-7-19-13(10-14)8-9-29-19/h2-7,10,18,22,24H,8-9,11-12H2,1H3/t18-,22-/m0/s1. The Hall–Kier alpha value is -3.28. The number of nitrogens with zero attached hydrogens (tertiary/aromatic N) is 2. The minimum Gasteiger partial charge on any atom is -0.493 e. The minimum absolute atomic E-state index is 0.00928. The molecule has 1 aromatic heterocycles. The number of rotatable bonds is 1. The molecule has 6 rings (SSSR count). The number of ether oxygens (including phenoxy) is 1. The van der Waals surface area contributed by atoms with Crippen LogP contribution in [0.4, 0.5) is 0 Å². The van der Waals surface area contributed by atoms with Gasteiger partial charge in [-0.3, -0.25) is 9.59 Å². The van der Waals surface area contributed by atoms with Gasteiger partial charge < -0.3 is 19.5 Å². The van der Waals surface area contributed by atoms with E-state index in [9.17, 15) is 9.59 Å². The van der Waals surface area contributed by atoms with E-state index < -0.39 is 6.04 Å². The number of piperazine rings is 1. The van der Waals surface area contributed by atoms with Crippen molar-refractivity contribution in [2.45, 2.75) is 24.9 Å². The predicted octanol–water partition coefficient (Wildman–Crippen LogP) is 2.42. The van der Waals surface area contributed by atoms with Gasteiger partial charge in [0, 0.05) is 36.5 Å². The number of carbonyl (C=O) groups excluding carboxylic acids is 2. The van der Waals surface area contributed by atoms with Gasteiger partial charge in [0.1, 0.15) is 11.8 Å². The topological polar surface area (TPSA) is 65.6 Å². The van der Waals surface area contributed by atoms with Crippen LogP contribution in [0.1, 0.15) is 28.4 Å². The van der Waals surface area contributed by atoms with Crippen molar-refractivity contribution < 1.29 is 14.3 Å². The molecular formula is C23H21N3O3. The molecule has 6 heteroatoms. The van der Waals surface area contributed by atoms with Crippen LogP contribution in [0.3, 0.4) is 0 Å². The first-order chi connectivity index (χ1) is 14.1. The van der Waals surface area contributed by atoms with Gasteiger partial charge in [-0.05, 0) is 34.9 Å². The smallest absolute Gasteiger partial charge is 0.245 e. The van der Waals surface area contributed by atoms with Gasteiger partial charge in [-0.2, -0.15) is 0 Å². The number of nitrogens with one attached hydrogen (secondary N) is 1. The molecule has 0 aliphatic carbocycles. The second kappa shape index (κ2) is 5.86. The van der Waals surface area contributed by atoms with E-state index in [1.165, 1.54) is 0 Å². The van der Waals surface area contributed by atoms with Gasteiger partial charge in [-0.15, -0.1) is 0 Å². The average molecular weight is 387 g/mol. The highest BCUT2D eigenvalue weighted by Crippen LogP contribution is 2.43. The Morgan fingerprint density at radius 1 is 1.14 bits per heavy atom. The number of H-pyrrole nitrogens is 1. The molecule has 0 spiro atoms. The lowest BCUT2D eigenvalue weighted by Gasteiger charge is -2.46. The van der Waals surface area contributed by atoms with E-state index in [4.69, 9.17) is 4.74 Å². The van der Waals surface area contributed by atoms with Gasteiger partial charge in [0.05, 0.1) is 19.2 Å². The van der Waals surface area contributed by atoms with Crippen LogP contribution in [0, 0.1) is 0 Å². The zero-order valence-electron chi connectivity index (χ0n) is 16.1. The quantitative estimate of drug-likeness (QED) is 0.697. The summed E-state index contributed by atoms with van der Waals surface area (Å²) in [7, 11) is 1.71. The van der Waals surface area contributed by atoms with Crippen LogP contribution in [-0.4, -0.2) is 52.8 Å². The van der Waals surface area contributed by atoms with Crippen LogP contribution in [0.25, 0.3) is 10.9 Å². The summed E-state index contributed by atoms with van der Waals surface area (Å²) < 4.78 is 5.67. The molecule has 2 atom stereocenters. The first-order valence-electron chi connectivity index (χ1n) is 10.0. The molecule has 3 aliphatic heterocycles. The SMILES string of the molecule is CN1CC(=O)N2[C@@H](c3ccc4c(c3)CCO4)c3[nH]c4ccccc4c3C[C@H]2C1=O. The number of fused-ring (bicyclic) bond motifs is 5. The zero-order chi connectivity index (χ0) is 19.7. The molecule has 1 saturated heterocycles. The molecule has 3 aliphatic rings. The minimum atomic E-state index is -0.470. The van der Waals surface area contributed by atoms with Crippen molar-refractivity contribution in [1.82, 2.24) is 14.8 Å². The Bertz CT molecular complexity index is 1180. The summed E-state index contributed by atoms with van der Waals surface area (Å²) in [5.74, 6) is 0.914. The number of amides is 2. The van der Waals surface area contributed by atoms with Crippen molar-refractivity contribution in [1.29, 1.82) is 0 Å². The van der Waals surface area contributed by atoms with E-state index in [0.717, 1.165) is 45.5 Å². The summed E-state index contributed by atoms with van der Waals surface area (Å²) in [4.78, 5) is 33.1. The van der Waals surface area contributed by atoms with E-state index in [2.05, 4.69) is 23.2 Å². The molecule has 0 unspecified atom stereocenters. The van der Waals surface area contributed by atoms with Crippen molar-refractivity contribution in [3.05, 3.63) is 64.8 Å². The predicted molar refractivity (Wildman–Crippen MR) is 108 cm³/mol. The Balaban J connectivity index is 1.59. The van der Waals surface area contributed by atoms with Crippen LogP contribution in [0.5, 0.6) is 5.75 Å². The van der Waals surface area contributed by atoms with Crippen molar-refractivity contribution in [2.24, 2.45) is 0 Å². The van der Waals surface area contributed by atoms with E-state index in [1.807, 2.05) is 24.3 Å². The number of benzene rings is 2. The number of carbonyl (C=O) groups is 2. The molecule has 0 radical (unpaired) electrons. The van der Waals surface area contributed by atoms with Crippen molar-refractivity contribution in [2.75, 3.05) is 20.2 Å². The fourth-order valence-electron chi connectivity index (χ4n) is 5.13. The maximum absolute atomic E-state index is 13.1. The zero-order valence-corrected chi connectivity index (χ0v) is 16.1. The molecule has 1 fully saturated rings. The van der Waals surface area contributed by atoms with Crippen LogP contribution < -0.4 is 4.74 Å². The fraction of sp³-hybridized carbons (Fsp3) is 0.304. The normalized spacial score (nSPS) is 23.1. The maximum Gasteiger partial charge on any atom is 0.245 e. The number of para-hydroxylation sites is 1. The summed E-state index contributed by atoms with van der Waals surface area (Å²) in [5.41, 5.74) is 5.39. The van der Waals surface area contributed by atoms with E-state index >= 15 is 0 Å². The molecule has 3 aromatic rings. The highest BCUT2D eigenvalue weighted by atomic mass is 16.5. The summed E-state index contributed by atoms with van der Waals surface area (Å²) in [5, 5.41) is 1.13. The first-order valence-corrected chi connectivity index (χ1v) is 10.0. The third-order valence-electron chi connectivity index (χ3n) is 6.48.